The molecule has 2 heterocycles. The number of hydrogen-bond acceptors (Lipinski definition) is 5. The molecular formula is C23H18ClN5O2. The molecule has 2 aromatic carbocycles. The Morgan fingerprint density at radius 2 is 1.87 bits per heavy atom. The van der Waals surface area contributed by atoms with Gasteiger partial charge in [-0.25, -0.2) is 9.97 Å². The predicted octanol–water partition coefficient (Wildman–Crippen LogP) is 5.07. The molecule has 8 heteroatoms. The number of nitrogens with one attached hydrogen (secondary N) is 1. The highest BCUT2D eigenvalue weighted by atomic mass is 35.5. The minimum Gasteiger partial charge on any atom is -0.439 e. The van der Waals surface area contributed by atoms with Gasteiger partial charge in [-0.15, -0.1) is 0 Å². The zero-order valence-corrected chi connectivity index (χ0v) is 17.3. The Hall–Kier alpha value is -3.97. The molecule has 0 unspecified atom stereocenters. The van der Waals surface area contributed by atoms with Crippen molar-refractivity contribution < 1.29 is 9.53 Å². The quantitative estimate of drug-likeness (QED) is 0.431. The van der Waals surface area contributed by atoms with Crippen LogP contribution in [0, 0.1) is 6.92 Å². The largest absolute Gasteiger partial charge is 0.439 e. The molecule has 0 saturated carbocycles. The van der Waals surface area contributed by atoms with E-state index in [1.807, 2.05) is 12.1 Å². The highest BCUT2D eigenvalue weighted by Crippen LogP contribution is 2.23. The molecule has 0 aliphatic rings. The standard InChI is InChI=1S/C23H18ClN5O2/c1-16-26-21(29-13-12-25-15-29)14-23(27-16)31-20-9-7-19(8-10-20)28-22(30)11-4-17-2-5-18(24)6-3-17/h2-15H,1H3,(H,28,30)/b11-4+. The summed E-state index contributed by atoms with van der Waals surface area (Å²) in [4.78, 5) is 24.9. The second kappa shape index (κ2) is 9.23. The molecule has 1 N–H and O–H groups in total. The SMILES string of the molecule is Cc1nc(Oc2ccc(NC(=O)/C=C/c3ccc(Cl)cc3)cc2)cc(-n2ccnc2)n1. The molecule has 154 valence electrons. The van der Waals surface area contributed by atoms with Crippen LogP contribution < -0.4 is 10.1 Å². The van der Waals surface area contributed by atoms with E-state index in [1.54, 1.807) is 78.8 Å². The molecule has 0 atom stereocenters. The maximum atomic E-state index is 12.1. The van der Waals surface area contributed by atoms with Gasteiger partial charge in [-0.1, -0.05) is 23.7 Å². The van der Waals surface area contributed by atoms with Gasteiger partial charge in [0.05, 0.1) is 0 Å². The third-order valence-corrected chi connectivity index (χ3v) is 4.46. The lowest BCUT2D eigenvalue weighted by molar-refractivity contribution is -0.111. The van der Waals surface area contributed by atoms with E-state index in [4.69, 9.17) is 16.3 Å². The zero-order chi connectivity index (χ0) is 21.6. The van der Waals surface area contributed by atoms with Crippen molar-refractivity contribution in [3.63, 3.8) is 0 Å². The third kappa shape index (κ3) is 5.55. The number of aromatic nitrogens is 4. The van der Waals surface area contributed by atoms with Crippen molar-refractivity contribution in [3.8, 4) is 17.4 Å². The fourth-order valence-corrected chi connectivity index (χ4v) is 2.89. The minimum absolute atomic E-state index is 0.236. The first-order valence-electron chi connectivity index (χ1n) is 9.42. The Kier molecular flexibility index (Phi) is 6.05. The van der Waals surface area contributed by atoms with Crippen molar-refractivity contribution in [2.75, 3.05) is 5.32 Å². The molecule has 0 aliphatic heterocycles. The van der Waals surface area contributed by atoms with Crippen LogP contribution in [0.1, 0.15) is 11.4 Å². The molecular weight excluding hydrogens is 414 g/mol. The lowest BCUT2D eigenvalue weighted by Gasteiger charge is -2.09. The Labute approximate surface area is 184 Å². The van der Waals surface area contributed by atoms with Gasteiger partial charge < -0.3 is 10.1 Å². The molecule has 2 aromatic heterocycles. The summed E-state index contributed by atoms with van der Waals surface area (Å²) in [7, 11) is 0. The third-order valence-electron chi connectivity index (χ3n) is 4.21. The number of halogens is 1. The minimum atomic E-state index is -0.236. The Morgan fingerprint density at radius 1 is 1.10 bits per heavy atom. The first-order chi connectivity index (χ1) is 15.0. The van der Waals surface area contributed by atoms with Gasteiger partial charge in [0.2, 0.25) is 11.8 Å². The van der Waals surface area contributed by atoms with E-state index >= 15 is 0 Å². The maximum absolute atomic E-state index is 12.1. The summed E-state index contributed by atoms with van der Waals surface area (Å²) in [6, 6.07) is 16.0. The van der Waals surface area contributed by atoms with E-state index in [9.17, 15) is 4.79 Å². The number of ether oxygens (including phenoxy) is 1. The van der Waals surface area contributed by atoms with Crippen molar-refractivity contribution >= 4 is 29.3 Å². The fraction of sp³-hybridized carbons (Fsp3) is 0.0435. The summed E-state index contributed by atoms with van der Waals surface area (Å²) in [5, 5.41) is 3.46. The second-order valence-electron chi connectivity index (χ2n) is 6.58. The monoisotopic (exact) mass is 431 g/mol. The summed E-state index contributed by atoms with van der Waals surface area (Å²) in [6.07, 6.45) is 8.32. The number of anilines is 1. The smallest absolute Gasteiger partial charge is 0.248 e. The van der Waals surface area contributed by atoms with Crippen LogP contribution in [-0.4, -0.2) is 25.4 Å². The van der Waals surface area contributed by atoms with Crippen LogP contribution in [0.5, 0.6) is 11.6 Å². The van der Waals surface area contributed by atoms with Crippen molar-refractivity contribution in [1.29, 1.82) is 0 Å². The van der Waals surface area contributed by atoms with Gasteiger partial charge in [0, 0.05) is 35.2 Å². The summed E-state index contributed by atoms with van der Waals surface area (Å²) >= 11 is 5.86. The highest BCUT2D eigenvalue weighted by Gasteiger charge is 2.06. The van der Waals surface area contributed by atoms with E-state index in [0.717, 1.165) is 5.56 Å². The van der Waals surface area contributed by atoms with Gasteiger partial charge in [0.15, 0.2) is 0 Å². The van der Waals surface area contributed by atoms with Crippen LogP contribution in [0.4, 0.5) is 5.69 Å². The summed E-state index contributed by atoms with van der Waals surface area (Å²) in [5.74, 6) is 2.01. The van der Waals surface area contributed by atoms with Crippen molar-refractivity contribution in [2.45, 2.75) is 6.92 Å². The zero-order valence-electron chi connectivity index (χ0n) is 16.6. The molecule has 1 amide bonds. The summed E-state index contributed by atoms with van der Waals surface area (Å²) in [5.41, 5.74) is 1.54. The summed E-state index contributed by atoms with van der Waals surface area (Å²) in [6.45, 7) is 1.80. The molecule has 0 aliphatic carbocycles. The van der Waals surface area contributed by atoms with Crippen LogP contribution in [0.25, 0.3) is 11.9 Å². The molecule has 4 aromatic rings. The second-order valence-corrected chi connectivity index (χ2v) is 7.02. The number of carbonyl (C=O) groups is 1. The molecule has 7 nitrogen and oxygen atoms in total. The van der Waals surface area contributed by atoms with E-state index in [1.165, 1.54) is 6.08 Å². The summed E-state index contributed by atoms with van der Waals surface area (Å²) < 4.78 is 7.63. The van der Waals surface area contributed by atoms with Gasteiger partial charge in [-0.2, -0.15) is 4.98 Å². The Balaban J connectivity index is 1.39. The number of nitrogens with zero attached hydrogens (tertiary/aromatic N) is 4. The van der Waals surface area contributed by atoms with Crippen LogP contribution in [-0.2, 0) is 4.79 Å². The molecule has 0 saturated heterocycles. The van der Waals surface area contributed by atoms with Gasteiger partial charge in [-0.3, -0.25) is 9.36 Å². The number of hydrogen-bond donors (Lipinski definition) is 1. The van der Waals surface area contributed by atoms with Crippen LogP contribution in [0.3, 0.4) is 0 Å². The lowest BCUT2D eigenvalue weighted by atomic mass is 10.2. The van der Waals surface area contributed by atoms with Gasteiger partial charge in [0.1, 0.15) is 23.7 Å². The number of carbonyl (C=O) groups excluding carboxylic acids is 1. The number of amides is 1. The topological polar surface area (TPSA) is 81.9 Å². The fourth-order valence-electron chi connectivity index (χ4n) is 2.76. The molecule has 0 fully saturated rings. The lowest BCUT2D eigenvalue weighted by Crippen LogP contribution is -2.07. The van der Waals surface area contributed by atoms with Crippen molar-refractivity contribution in [1.82, 2.24) is 19.5 Å². The average Bonchev–Trinajstić information content (AvgIpc) is 3.29. The van der Waals surface area contributed by atoms with Gasteiger partial charge in [0.25, 0.3) is 0 Å². The van der Waals surface area contributed by atoms with Crippen LogP contribution in [0.2, 0.25) is 5.02 Å². The first kappa shape index (κ1) is 20.3. The number of aryl methyl sites for hydroxylation is 1. The molecule has 0 bridgehead atoms. The van der Waals surface area contributed by atoms with E-state index in [0.29, 0.717) is 34.0 Å². The highest BCUT2D eigenvalue weighted by molar-refractivity contribution is 6.30. The molecule has 0 radical (unpaired) electrons. The Morgan fingerprint density at radius 3 is 2.58 bits per heavy atom. The number of imidazole rings is 1. The number of rotatable bonds is 6. The first-order valence-corrected chi connectivity index (χ1v) is 9.79. The normalized spacial score (nSPS) is 10.9. The molecule has 0 spiro atoms. The Bertz CT molecular complexity index is 1200. The van der Waals surface area contributed by atoms with E-state index < -0.39 is 0 Å². The molecule has 4 rings (SSSR count). The maximum Gasteiger partial charge on any atom is 0.248 e. The average molecular weight is 432 g/mol. The van der Waals surface area contributed by atoms with E-state index in [-0.39, 0.29) is 5.91 Å². The van der Waals surface area contributed by atoms with Crippen molar-refractivity contribution in [3.05, 3.63) is 95.8 Å². The van der Waals surface area contributed by atoms with Gasteiger partial charge in [-0.05, 0) is 55.0 Å². The van der Waals surface area contributed by atoms with Crippen molar-refractivity contribution in [2.24, 2.45) is 0 Å². The van der Waals surface area contributed by atoms with E-state index in [2.05, 4.69) is 20.3 Å². The van der Waals surface area contributed by atoms with Gasteiger partial charge >= 0.3 is 0 Å². The molecule has 31 heavy (non-hydrogen) atoms. The number of benzene rings is 2. The van der Waals surface area contributed by atoms with Crippen LogP contribution in [0.15, 0.2) is 79.4 Å². The van der Waals surface area contributed by atoms with Crippen LogP contribution >= 0.6 is 11.6 Å². The predicted molar refractivity (Wildman–Crippen MR) is 120 cm³/mol.